The van der Waals surface area contributed by atoms with Crippen LogP contribution in [0.5, 0.6) is 0 Å². The first kappa shape index (κ1) is 14.5. The number of hydrogen-bond acceptors (Lipinski definition) is 2. The van der Waals surface area contributed by atoms with E-state index in [0.717, 1.165) is 25.5 Å². The van der Waals surface area contributed by atoms with Crippen LogP contribution in [0.3, 0.4) is 0 Å². The Hall–Kier alpha value is -0.860. The van der Waals surface area contributed by atoms with E-state index < -0.39 is 0 Å². The Balaban J connectivity index is 1.68. The van der Waals surface area contributed by atoms with Gasteiger partial charge in [0.25, 0.3) is 0 Å². The van der Waals surface area contributed by atoms with Gasteiger partial charge in [-0.25, -0.2) is 0 Å². The van der Waals surface area contributed by atoms with Gasteiger partial charge in [0.15, 0.2) is 0 Å². The molecular weight excluding hydrogens is 234 g/mol. The molecule has 2 rings (SSSR count). The minimum absolute atomic E-state index is 0.327. The number of methoxy groups -OCH3 is 1. The summed E-state index contributed by atoms with van der Waals surface area (Å²) in [5, 5.41) is 3.71. The number of benzene rings is 1. The maximum absolute atomic E-state index is 5.17. The molecule has 0 atom stereocenters. The average molecular weight is 261 g/mol. The van der Waals surface area contributed by atoms with Crippen LogP contribution in [0.4, 0.5) is 0 Å². The summed E-state index contributed by atoms with van der Waals surface area (Å²) in [5.74, 6) is 0.765. The smallest absolute Gasteiger partial charge is 0.0467 e. The molecule has 1 aliphatic carbocycles. The van der Waals surface area contributed by atoms with E-state index in [1.807, 2.05) is 0 Å². The van der Waals surface area contributed by atoms with E-state index >= 15 is 0 Å². The maximum atomic E-state index is 5.17. The van der Waals surface area contributed by atoms with Crippen LogP contribution in [0.15, 0.2) is 30.3 Å². The van der Waals surface area contributed by atoms with E-state index in [9.17, 15) is 0 Å². The van der Waals surface area contributed by atoms with Crippen LogP contribution in [-0.2, 0) is 4.74 Å². The summed E-state index contributed by atoms with van der Waals surface area (Å²) in [6.45, 7) is 6.56. The molecule has 0 bridgehead atoms. The predicted molar refractivity (Wildman–Crippen MR) is 80.5 cm³/mol. The van der Waals surface area contributed by atoms with Gasteiger partial charge in [-0.2, -0.15) is 0 Å². The minimum Gasteiger partial charge on any atom is -0.385 e. The molecular formula is C17H27NO. The number of nitrogens with one attached hydrogen (secondary N) is 1. The van der Waals surface area contributed by atoms with Crippen molar-refractivity contribution in [1.29, 1.82) is 0 Å². The van der Waals surface area contributed by atoms with Crippen LogP contribution in [0.25, 0.3) is 0 Å². The highest BCUT2D eigenvalue weighted by Gasteiger charge is 2.31. The van der Waals surface area contributed by atoms with Gasteiger partial charge >= 0.3 is 0 Å². The van der Waals surface area contributed by atoms with Gasteiger partial charge in [0, 0.05) is 26.3 Å². The maximum Gasteiger partial charge on any atom is 0.0467 e. The van der Waals surface area contributed by atoms with E-state index in [-0.39, 0.29) is 0 Å². The van der Waals surface area contributed by atoms with Gasteiger partial charge in [-0.15, -0.1) is 0 Å². The standard InChI is InChI=1S/C17H27NO/c1-17(2,9-10-19-3)13-18-16-11-15(12-16)14-7-5-4-6-8-14/h4-8,15-16,18H,9-13H2,1-3H3. The van der Waals surface area contributed by atoms with Gasteiger partial charge in [0.05, 0.1) is 0 Å². The van der Waals surface area contributed by atoms with E-state index in [0.29, 0.717) is 11.5 Å². The molecule has 0 heterocycles. The van der Waals surface area contributed by atoms with Gasteiger partial charge in [-0.05, 0) is 36.2 Å². The molecule has 0 amide bonds. The fourth-order valence-corrected chi connectivity index (χ4v) is 2.67. The quantitative estimate of drug-likeness (QED) is 0.810. The zero-order chi connectivity index (χ0) is 13.7. The van der Waals surface area contributed by atoms with Crippen molar-refractivity contribution >= 4 is 0 Å². The van der Waals surface area contributed by atoms with Crippen LogP contribution >= 0.6 is 0 Å². The van der Waals surface area contributed by atoms with E-state index in [2.05, 4.69) is 49.5 Å². The van der Waals surface area contributed by atoms with Crippen molar-refractivity contribution in [2.75, 3.05) is 20.3 Å². The topological polar surface area (TPSA) is 21.3 Å². The molecule has 1 aromatic rings. The lowest BCUT2D eigenvalue weighted by Crippen LogP contribution is -2.44. The number of hydrogen-bond donors (Lipinski definition) is 1. The molecule has 2 nitrogen and oxygen atoms in total. The van der Waals surface area contributed by atoms with Crippen molar-refractivity contribution in [2.45, 2.75) is 45.1 Å². The zero-order valence-electron chi connectivity index (χ0n) is 12.5. The summed E-state index contributed by atoms with van der Waals surface area (Å²) >= 11 is 0. The SMILES string of the molecule is COCCC(C)(C)CNC1CC(c2ccccc2)C1. The van der Waals surface area contributed by atoms with Gasteiger partial charge in [-0.3, -0.25) is 0 Å². The van der Waals surface area contributed by atoms with Crippen LogP contribution in [0.2, 0.25) is 0 Å². The molecule has 0 unspecified atom stereocenters. The molecule has 106 valence electrons. The predicted octanol–water partition coefficient (Wildman–Crippen LogP) is 3.58. The lowest BCUT2D eigenvalue weighted by Gasteiger charge is -2.38. The Morgan fingerprint density at radius 1 is 1.21 bits per heavy atom. The lowest BCUT2D eigenvalue weighted by molar-refractivity contribution is 0.144. The lowest BCUT2D eigenvalue weighted by atomic mass is 9.75. The number of ether oxygens (including phenoxy) is 1. The summed E-state index contributed by atoms with van der Waals surface area (Å²) < 4.78 is 5.17. The third-order valence-corrected chi connectivity index (χ3v) is 4.26. The number of rotatable bonds is 7. The molecule has 0 aromatic heterocycles. The third kappa shape index (κ3) is 4.32. The summed E-state index contributed by atoms with van der Waals surface area (Å²) in [6.07, 6.45) is 3.68. The average Bonchev–Trinajstić information content (AvgIpc) is 2.36. The van der Waals surface area contributed by atoms with Crippen molar-refractivity contribution in [1.82, 2.24) is 5.32 Å². The minimum atomic E-state index is 0.327. The van der Waals surface area contributed by atoms with Crippen LogP contribution in [0, 0.1) is 5.41 Å². The molecule has 1 N–H and O–H groups in total. The van der Waals surface area contributed by atoms with Crippen LogP contribution in [0.1, 0.15) is 44.6 Å². The van der Waals surface area contributed by atoms with E-state index in [1.54, 1.807) is 7.11 Å². The first-order valence-corrected chi connectivity index (χ1v) is 7.38. The molecule has 0 radical (unpaired) electrons. The largest absolute Gasteiger partial charge is 0.385 e. The third-order valence-electron chi connectivity index (χ3n) is 4.26. The fourth-order valence-electron chi connectivity index (χ4n) is 2.67. The van der Waals surface area contributed by atoms with Crippen LogP contribution in [-0.4, -0.2) is 26.3 Å². The summed E-state index contributed by atoms with van der Waals surface area (Å²) in [7, 11) is 1.78. The molecule has 1 fully saturated rings. The zero-order valence-corrected chi connectivity index (χ0v) is 12.5. The fraction of sp³-hybridized carbons (Fsp3) is 0.647. The first-order valence-electron chi connectivity index (χ1n) is 7.38. The van der Waals surface area contributed by atoms with Gasteiger partial charge in [-0.1, -0.05) is 44.2 Å². The van der Waals surface area contributed by atoms with Crippen molar-refractivity contribution in [3.63, 3.8) is 0 Å². The van der Waals surface area contributed by atoms with E-state index in [4.69, 9.17) is 4.74 Å². The highest BCUT2D eigenvalue weighted by molar-refractivity contribution is 5.22. The molecule has 1 aliphatic rings. The first-order chi connectivity index (χ1) is 9.11. The molecule has 19 heavy (non-hydrogen) atoms. The Morgan fingerprint density at radius 2 is 1.89 bits per heavy atom. The Bertz CT molecular complexity index is 368. The molecule has 2 heteroatoms. The molecule has 1 saturated carbocycles. The van der Waals surface area contributed by atoms with Crippen LogP contribution < -0.4 is 5.32 Å². The van der Waals surface area contributed by atoms with E-state index in [1.165, 1.54) is 18.4 Å². The van der Waals surface area contributed by atoms with Crippen molar-refractivity contribution < 1.29 is 4.74 Å². The van der Waals surface area contributed by atoms with Crippen molar-refractivity contribution in [3.8, 4) is 0 Å². The molecule has 0 aliphatic heterocycles. The molecule has 1 aromatic carbocycles. The Morgan fingerprint density at radius 3 is 2.53 bits per heavy atom. The summed E-state index contributed by atoms with van der Waals surface area (Å²) in [6, 6.07) is 11.6. The van der Waals surface area contributed by atoms with Crippen molar-refractivity contribution in [3.05, 3.63) is 35.9 Å². The highest BCUT2D eigenvalue weighted by Crippen LogP contribution is 2.37. The highest BCUT2D eigenvalue weighted by atomic mass is 16.5. The normalized spacial score (nSPS) is 23.1. The Kier molecular flexibility index (Phi) is 5.00. The summed E-state index contributed by atoms with van der Waals surface area (Å²) in [5.41, 5.74) is 1.83. The second-order valence-electron chi connectivity index (χ2n) is 6.56. The van der Waals surface area contributed by atoms with Gasteiger partial charge in [0.2, 0.25) is 0 Å². The molecule has 0 saturated heterocycles. The van der Waals surface area contributed by atoms with Gasteiger partial charge in [0.1, 0.15) is 0 Å². The second-order valence-corrected chi connectivity index (χ2v) is 6.56. The van der Waals surface area contributed by atoms with Gasteiger partial charge < -0.3 is 10.1 Å². The van der Waals surface area contributed by atoms with Crippen molar-refractivity contribution in [2.24, 2.45) is 5.41 Å². The summed E-state index contributed by atoms with van der Waals surface area (Å²) in [4.78, 5) is 0. The monoisotopic (exact) mass is 261 g/mol. The Labute approximate surface area is 117 Å². The second kappa shape index (κ2) is 6.53. The molecule has 0 spiro atoms.